The van der Waals surface area contributed by atoms with E-state index in [0.717, 1.165) is 12.1 Å². The van der Waals surface area contributed by atoms with Crippen molar-refractivity contribution in [2.75, 3.05) is 13.2 Å². The Balaban J connectivity index is 0.000000229. The van der Waals surface area contributed by atoms with Gasteiger partial charge in [-0.05, 0) is 0 Å². The zero-order valence-corrected chi connectivity index (χ0v) is 33.8. The van der Waals surface area contributed by atoms with Crippen LogP contribution in [0.25, 0.3) is 0 Å². The molecule has 0 aliphatic heterocycles. The van der Waals surface area contributed by atoms with Crippen LogP contribution < -0.4 is 23.8 Å². The topological polar surface area (TPSA) is 240 Å². The predicted molar refractivity (Wildman–Crippen MR) is 223 cm³/mol. The first-order valence-electron chi connectivity index (χ1n) is 17.5. The molecular weight excluding hydrogens is 804 g/mol. The number of aliphatic hydroxyl groups is 4. The molecule has 2 unspecified atom stereocenters. The van der Waals surface area contributed by atoms with Gasteiger partial charge in [-0.15, -0.1) is 0 Å². The average Bonchev–Trinajstić information content (AvgIpc) is 3.90. The van der Waals surface area contributed by atoms with Crippen molar-refractivity contribution in [3.8, 4) is 28.7 Å². The standard InChI is InChI=1S/C22H24BN5O4S.C15H14BClN4O3S/c1-3-6-15(7-4-9-24)31-16-11-19(32-18-8-5-10-25-14(18)2)21(26-12-16)28-22-27-20(23-33-22)17(30)13-29;1-8-11(3-2-4-18-8)24-12-5-9(17)6-19-14(12)21-15-20-13(16-25-15)10(23)7-22/h4-12,17,24,29-30H,3,13H2,1-2H3,(H,26,27,28);2-6,10,22-23H,7H2,1H3,(H,19,20,21)/b7-4-,15-6-,24-9?;. The molecule has 6 aromatic heterocycles. The molecule has 16 nitrogen and oxygen atoms in total. The number of halogens is 1. The number of pyridine rings is 4. The van der Waals surface area contributed by atoms with Gasteiger partial charge in [0.15, 0.2) is 0 Å². The molecule has 21 heteroatoms. The Kier molecular flexibility index (Phi) is 16.5. The molecule has 298 valence electrons. The Labute approximate surface area is 346 Å². The monoisotopic (exact) mass is 841 g/mol. The minimum absolute atomic E-state index is 0.296. The first kappa shape index (κ1) is 43.6. The fourth-order valence-electron chi connectivity index (χ4n) is 4.65. The summed E-state index contributed by atoms with van der Waals surface area (Å²) >= 11 is 8.57. The van der Waals surface area contributed by atoms with Crippen molar-refractivity contribution in [1.29, 1.82) is 5.41 Å². The predicted octanol–water partition coefficient (Wildman–Crippen LogP) is 5.66. The zero-order chi connectivity index (χ0) is 41.4. The van der Waals surface area contributed by atoms with Crippen LogP contribution in [0.4, 0.5) is 11.6 Å². The van der Waals surface area contributed by atoms with Crippen LogP contribution in [0.5, 0.6) is 28.7 Å². The van der Waals surface area contributed by atoms with Crippen LogP contribution in [0.1, 0.15) is 48.1 Å². The van der Waals surface area contributed by atoms with Crippen LogP contribution in [0, 0.1) is 19.3 Å². The van der Waals surface area contributed by atoms with Crippen LogP contribution in [-0.4, -0.2) is 82.1 Å². The van der Waals surface area contributed by atoms with E-state index in [1.165, 1.54) is 41.0 Å². The van der Waals surface area contributed by atoms with Crippen molar-refractivity contribution in [3.05, 3.63) is 122 Å². The Hall–Kier alpha value is -5.47. The molecule has 0 aliphatic carbocycles. The van der Waals surface area contributed by atoms with E-state index in [1.807, 2.05) is 26.8 Å². The summed E-state index contributed by atoms with van der Waals surface area (Å²) in [6, 6.07) is 10.4. The van der Waals surface area contributed by atoms with Crippen molar-refractivity contribution < 1.29 is 34.6 Å². The molecule has 0 bridgehead atoms. The van der Waals surface area contributed by atoms with E-state index < -0.39 is 18.8 Å². The number of aromatic nitrogens is 6. The van der Waals surface area contributed by atoms with E-state index in [9.17, 15) is 10.2 Å². The third kappa shape index (κ3) is 12.5. The first-order chi connectivity index (χ1) is 28.1. The van der Waals surface area contributed by atoms with Crippen LogP contribution in [0.2, 0.25) is 5.02 Å². The first-order valence-corrected chi connectivity index (χ1v) is 19.7. The van der Waals surface area contributed by atoms with Crippen LogP contribution in [-0.2, 0) is 0 Å². The van der Waals surface area contributed by atoms with Gasteiger partial charge >= 0.3 is 342 Å². The van der Waals surface area contributed by atoms with Gasteiger partial charge < -0.3 is 5.41 Å². The number of aliphatic hydroxyl groups excluding tert-OH is 4. The van der Waals surface area contributed by atoms with Gasteiger partial charge in [-0.3, -0.25) is 0 Å². The Morgan fingerprint density at radius 2 is 1.38 bits per heavy atom. The molecular formula is C37H38B2ClN9O7S2. The minimum atomic E-state index is -1.01. The second-order valence-electron chi connectivity index (χ2n) is 11.9. The van der Waals surface area contributed by atoms with Gasteiger partial charge in [-0.2, -0.15) is 0 Å². The van der Waals surface area contributed by atoms with Crippen molar-refractivity contribution in [3.63, 3.8) is 0 Å². The Morgan fingerprint density at radius 1 is 0.845 bits per heavy atom. The summed E-state index contributed by atoms with van der Waals surface area (Å²) in [6.07, 6.45) is 14.8. The number of ether oxygens (including phenoxy) is 3. The van der Waals surface area contributed by atoms with Crippen molar-refractivity contribution in [1.82, 2.24) is 29.9 Å². The van der Waals surface area contributed by atoms with E-state index in [1.54, 1.807) is 73.3 Å². The molecule has 6 rings (SSSR count). The molecule has 0 spiro atoms. The molecule has 0 amide bonds. The van der Waals surface area contributed by atoms with Crippen LogP contribution in [0.15, 0.2) is 95.2 Å². The van der Waals surface area contributed by atoms with Gasteiger partial charge in [0, 0.05) is 0 Å². The van der Waals surface area contributed by atoms with E-state index in [0.29, 0.717) is 77.6 Å². The second kappa shape index (κ2) is 21.9. The summed E-state index contributed by atoms with van der Waals surface area (Å²) in [5.74, 6) is 3.50. The number of hydrogen-bond acceptors (Lipinski definition) is 16. The quantitative estimate of drug-likeness (QED) is 0.0378. The number of aryl methyl sites for hydroxylation is 2. The van der Waals surface area contributed by atoms with Gasteiger partial charge in [0.25, 0.3) is 0 Å². The fraction of sp³-hybridized carbons (Fsp3) is 0.216. The average molecular weight is 842 g/mol. The summed E-state index contributed by atoms with van der Waals surface area (Å²) in [5.41, 5.74) is 2.36. The van der Waals surface area contributed by atoms with Gasteiger partial charge in [0.1, 0.15) is 0 Å². The molecule has 6 heterocycles. The van der Waals surface area contributed by atoms with Crippen molar-refractivity contribution in [2.45, 2.75) is 39.4 Å². The fourth-order valence-corrected chi connectivity index (χ4v) is 6.34. The van der Waals surface area contributed by atoms with E-state index >= 15 is 0 Å². The van der Waals surface area contributed by atoms with E-state index in [2.05, 4.69) is 39.9 Å². The van der Waals surface area contributed by atoms with Crippen LogP contribution >= 0.6 is 34.0 Å². The number of nitrogens with zero attached hydrogens (tertiary/aromatic N) is 6. The van der Waals surface area contributed by atoms with E-state index in [4.69, 9.17) is 41.4 Å². The van der Waals surface area contributed by atoms with Gasteiger partial charge in [-0.1, -0.05) is 0 Å². The number of aromatic amines is 2. The maximum atomic E-state index is 9.81. The molecule has 2 atom stereocenters. The number of nitrogens with one attached hydrogen (secondary N) is 3. The maximum absolute atomic E-state index is 9.81. The zero-order valence-electron chi connectivity index (χ0n) is 31.4. The van der Waals surface area contributed by atoms with Crippen LogP contribution in [0.3, 0.4) is 0 Å². The van der Waals surface area contributed by atoms with Crippen molar-refractivity contribution >= 4 is 64.2 Å². The van der Waals surface area contributed by atoms with Gasteiger partial charge in [-0.25, -0.2) is 0 Å². The molecule has 0 aromatic carbocycles. The Bertz CT molecular complexity index is 2510. The second-order valence-corrected chi connectivity index (χ2v) is 14.0. The number of hydrogen-bond donors (Lipinski definition) is 7. The van der Waals surface area contributed by atoms with Crippen molar-refractivity contribution in [2.24, 2.45) is 9.98 Å². The molecule has 6 aromatic rings. The molecule has 58 heavy (non-hydrogen) atoms. The summed E-state index contributed by atoms with van der Waals surface area (Å²) in [6.45, 7) is 4.88. The molecule has 7 N–H and O–H groups in total. The Morgan fingerprint density at radius 3 is 1.88 bits per heavy atom. The summed E-state index contributed by atoms with van der Waals surface area (Å²) in [7, 11) is 0. The summed E-state index contributed by atoms with van der Waals surface area (Å²) < 4.78 is 17.9. The normalized spacial score (nSPS) is 13.1. The third-order valence-corrected chi connectivity index (χ3v) is 9.32. The molecule has 0 saturated carbocycles. The third-order valence-electron chi connectivity index (χ3n) is 7.54. The number of H-pyrrole nitrogens is 2. The molecule has 0 saturated heterocycles. The molecule has 0 aliphatic rings. The SMILES string of the molecule is CC/C=C(/C=C\C=N)Oc1cnc(/N=c2/[nH]c(C(O)CO)bs2)c(Oc2cccnc2C)c1.Cc1ncccc1Oc1cc(Cl)cnc1/N=c1/[nH]c(C(O)CO)bs1. The summed E-state index contributed by atoms with van der Waals surface area (Å²) in [4.78, 5) is 32.8. The van der Waals surface area contributed by atoms with E-state index in [-0.39, 0.29) is 6.61 Å². The number of allylic oxidation sites excluding steroid dienone is 3. The molecule has 0 fully saturated rings. The summed E-state index contributed by atoms with van der Waals surface area (Å²) in [5, 5.41) is 45.2. The molecule has 0 radical (unpaired) electrons. The number of rotatable bonds is 15. The van der Waals surface area contributed by atoms with Gasteiger partial charge in [0.05, 0.1) is 0 Å². The van der Waals surface area contributed by atoms with Gasteiger partial charge in [0.2, 0.25) is 0 Å².